The van der Waals surface area contributed by atoms with Gasteiger partial charge in [-0.2, -0.15) is 0 Å². The number of rotatable bonds is 5. The zero-order valence-corrected chi connectivity index (χ0v) is 13.7. The average Bonchev–Trinajstić information content (AvgIpc) is 3.00. The molecule has 3 aromatic rings. The van der Waals surface area contributed by atoms with Crippen LogP contribution in [0.4, 0.5) is 10.1 Å². The Morgan fingerprint density at radius 1 is 1.12 bits per heavy atom. The normalized spacial score (nSPS) is 20.8. The molecule has 0 spiro atoms. The highest BCUT2D eigenvalue weighted by molar-refractivity contribution is 5.90. The fourth-order valence-corrected chi connectivity index (χ4v) is 3.35. The summed E-state index contributed by atoms with van der Waals surface area (Å²) >= 11 is 0. The van der Waals surface area contributed by atoms with Gasteiger partial charge in [0.1, 0.15) is 12.5 Å². The predicted molar refractivity (Wildman–Crippen MR) is 93.8 cm³/mol. The third-order valence-electron chi connectivity index (χ3n) is 4.55. The van der Waals surface area contributed by atoms with Gasteiger partial charge in [0.05, 0.1) is 5.52 Å². The smallest absolute Gasteiger partial charge is 0.115 e. The number of hydrogen-bond donors (Lipinski definition) is 1. The van der Waals surface area contributed by atoms with Gasteiger partial charge >= 0.3 is 0 Å². The lowest BCUT2D eigenvalue weighted by Gasteiger charge is -2.24. The van der Waals surface area contributed by atoms with E-state index < -0.39 is 6.17 Å². The molecular formula is C18H19FN6. The second kappa shape index (κ2) is 7.06. The highest BCUT2D eigenvalue weighted by Crippen LogP contribution is 2.25. The molecule has 3 aromatic heterocycles. The summed E-state index contributed by atoms with van der Waals surface area (Å²) in [6.07, 6.45) is 10.1. The van der Waals surface area contributed by atoms with Crippen molar-refractivity contribution in [2.24, 2.45) is 0 Å². The molecule has 7 heteroatoms. The molecule has 25 heavy (non-hydrogen) atoms. The molecule has 1 fully saturated rings. The van der Waals surface area contributed by atoms with Gasteiger partial charge in [-0.15, -0.1) is 0 Å². The summed E-state index contributed by atoms with van der Waals surface area (Å²) in [7, 11) is 0. The molecule has 0 amide bonds. The van der Waals surface area contributed by atoms with Crippen molar-refractivity contribution in [3.8, 4) is 0 Å². The number of likely N-dealkylation sites (tertiary alicyclic amines) is 1. The molecular weight excluding hydrogens is 319 g/mol. The van der Waals surface area contributed by atoms with E-state index in [1.807, 2.05) is 12.1 Å². The van der Waals surface area contributed by atoms with Gasteiger partial charge in [0.2, 0.25) is 0 Å². The van der Waals surface area contributed by atoms with Crippen LogP contribution in [-0.4, -0.2) is 50.1 Å². The molecule has 0 aromatic carbocycles. The van der Waals surface area contributed by atoms with E-state index in [2.05, 4.69) is 30.2 Å². The molecule has 128 valence electrons. The number of nitrogens with zero attached hydrogens (tertiary/aromatic N) is 5. The van der Waals surface area contributed by atoms with Gasteiger partial charge in [0, 0.05) is 73.3 Å². The van der Waals surface area contributed by atoms with E-state index in [1.165, 1.54) is 6.33 Å². The van der Waals surface area contributed by atoms with Crippen LogP contribution in [-0.2, 0) is 6.54 Å². The largest absolute Gasteiger partial charge is 0.383 e. The number of halogens is 1. The van der Waals surface area contributed by atoms with Crippen LogP contribution in [0.25, 0.3) is 10.9 Å². The molecule has 0 unspecified atom stereocenters. The first-order chi connectivity index (χ1) is 12.3. The van der Waals surface area contributed by atoms with Crippen LogP contribution in [0.5, 0.6) is 0 Å². The van der Waals surface area contributed by atoms with Crippen molar-refractivity contribution in [2.45, 2.75) is 25.2 Å². The van der Waals surface area contributed by atoms with E-state index in [4.69, 9.17) is 0 Å². The van der Waals surface area contributed by atoms with Crippen molar-refractivity contribution < 1.29 is 4.39 Å². The molecule has 0 saturated carbocycles. The number of anilines is 1. The second-order valence-corrected chi connectivity index (χ2v) is 6.30. The Kier molecular flexibility index (Phi) is 4.47. The molecule has 6 nitrogen and oxygen atoms in total. The van der Waals surface area contributed by atoms with Crippen LogP contribution in [0.1, 0.15) is 12.0 Å². The van der Waals surface area contributed by atoms with Crippen LogP contribution in [0.15, 0.2) is 49.4 Å². The molecule has 0 bridgehead atoms. The van der Waals surface area contributed by atoms with Crippen molar-refractivity contribution in [3.05, 3.63) is 55.0 Å². The monoisotopic (exact) mass is 338 g/mol. The SMILES string of the molecule is F[C@H]1C[C@@H](CNc2ccnc3ccncc23)N(Cc2cncnc2)C1. The Morgan fingerprint density at radius 3 is 2.88 bits per heavy atom. The summed E-state index contributed by atoms with van der Waals surface area (Å²) in [6, 6.07) is 3.94. The Bertz CT molecular complexity index is 838. The first kappa shape index (κ1) is 15.8. The Morgan fingerprint density at radius 2 is 2.00 bits per heavy atom. The summed E-state index contributed by atoms with van der Waals surface area (Å²) < 4.78 is 14.0. The van der Waals surface area contributed by atoms with Gasteiger partial charge in [-0.3, -0.25) is 14.9 Å². The number of alkyl halides is 1. The van der Waals surface area contributed by atoms with Crippen LogP contribution in [0.2, 0.25) is 0 Å². The first-order valence-electron chi connectivity index (χ1n) is 8.34. The minimum atomic E-state index is -0.799. The summed E-state index contributed by atoms with van der Waals surface area (Å²) in [5.74, 6) is 0. The highest BCUT2D eigenvalue weighted by atomic mass is 19.1. The number of nitrogens with one attached hydrogen (secondary N) is 1. The third kappa shape index (κ3) is 3.56. The summed E-state index contributed by atoms with van der Waals surface area (Å²) in [4.78, 5) is 18.7. The lowest BCUT2D eigenvalue weighted by molar-refractivity contribution is 0.241. The van der Waals surface area contributed by atoms with E-state index >= 15 is 0 Å². The lowest BCUT2D eigenvalue weighted by Crippen LogP contribution is -2.34. The quantitative estimate of drug-likeness (QED) is 0.771. The van der Waals surface area contributed by atoms with E-state index in [-0.39, 0.29) is 6.04 Å². The van der Waals surface area contributed by atoms with Crippen molar-refractivity contribution in [3.63, 3.8) is 0 Å². The maximum absolute atomic E-state index is 14.0. The number of pyridine rings is 2. The van der Waals surface area contributed by atoms with Crippen molar-refractivity contribution in [2.75, 3.05) is 18.4 Å². The van der Waals surface area contributed by atoms with E-state index in [1.54, 1.807) is 31.0 Å². The van der Waals surface area contributed by atoms with Crippen LogP contribution in [0, 0.1) is 0 Å². The second-order valence-electron chi connectivity index (χ2n) is 6.30. The molecule has 0 aliphatic carbocycles. The first-order valence-corrected chi connectivity index (χ1v) is 8.34. The molecule has 1 saturated heterocycles. The van der Waals surface area contributed by atoms with Gasteiger partial charge in [-0.05, 0) is 18.6 Å². The van der Waals surface area contributed by atoms with Gasteiger partial charge in [0.25, 0.3) is 0 Å². The number of fused-ring (bicyclic) bond motifs is 1. The third-order valence-corrected chi connectivity index (χ3v) is 4.55. The van der Waals surface area contributed by atoms with Gasteiger partial charge in [0.15, 0.2) is 0 Å². The molecule has 2 atom stereocenters. The predicted octanol–water partition coefficient (Wildman–Crippen LogP) is 2.44. The Balaban J connectivity index is 1.47. The van der Waals surface area contributed by atoms with Crippen LogP contribution < -0.4 is 5.32 Å². The molecule has 0 radical (unpaired) electrons. The summed E-state index contributed by atoms with van der Waals surface area (Å²) in [5, 5.41) is 4.42. The van der Waals surface area contributed by atoms with E-state index in [0.717, 1.165) is 22.2 Å². The Labute approximate surface area is 145 Å². The molecule has 1 aliphatic rings. The zero-order chi connectivity index (χ0) is 17.1. The van der Waals surface area contributed by atoms with Gasteiger partial charge in [-0.1, -0.05) is 0 Å². The van der Waals surface area contributed by atoms with Gasteiger partial charge in [-0.25, -0.2) is 14.4 Å². The topological polar surface area (TPSA) is 66.8 Å². The number of hydrogen-bond acceptors (Lipinski definition) is 6. The summed E-state index contributed by atoms with van der Waals surface area (Å²) in [5.41, 5.74) is 2.87. The van der Waals surface area contributed by atoms with Crippen molar-refractivity contribution in [1.82, 2.24) is 24.8 Å². The van der Waals surface area contributed by atoms with Crippen molar-refractivity contribution >= 4 is 16.6 Å². The van der Waals surface area contributed by atoms with Crippen LogP contribution in [0.3, 0.4) is 0 Å². The number of aromatic nitrogens is 4. The minimum absolute atomic E-state index is 0.120. The van der Waals surface area contributed by atoms with Crippen molar-refractivity contribution in [1.29, 1.82) is 0 Å². The molecule has 4 heterocycles. The van der Waals surface area contributed by atoms with E-state index in [0.29, 0.717) is 26.1 Å². The Hall–Kier alpha value is -2.67. The average molecular weight is 338 g/mol. The maximum atomic E-state index is 14.0. The highest BCUT2D eigenvalue weighted by Gasteiger charge is 2.31. The fourth-order valence-electron chi connectivity index (χ4n) is 3.35. The fraction of sp³-hybridized carbons (Fsp3) is 0.333. The van der Waals surface area contributed by atoms with Crippen LogP contribution >= 0.6 is 0 Å². The maximum Gasteiger partial charge on any atom is 0.115 e. The zero-order valence-electron chi connectivity index (χ0n) is 13.7. The molecule has 1 N–H and O–H groups in total. The van der Waals surface area contributed by atoms with Gasteiger partial charge < -0.3 is 5.32 Å². The molecule has 1 aliphatic heterocycles. The molecule has 4 rings (SSSR count). The lowest BCUT2D eigenvalue weighted by atomic mass is 10.2. The minimum Gasteiger partial charge on any atom is -0.383 e. The standard InChI is InChI=1S/C18H19FN6/c19-14-5-15(25(11-14)10-13-6-21-12-22-7-13)8-24-18-2-4-23-17-1-3-20-9-16(17)18/h1-4,6-7,9,12,14-15H,5,8,10-11H2,(H,23,24)/t14-,15-/m0/s1. The van der Waals surface area contributed by atoms with E-state index in [9.17, 15) is 4.39 Å². The summed E-state index contributed by atoms with van der Waals surface area (Å²) in [6.45, 7) is 1.77.